The molecule has 4 heterocycles. The summed E-state index contributed by atoms with van der Waals surface area (Å²) < 4.78 is 22.2. The zero-order valence-corrected chi connectivity index (χ0v) is 22.8. The lowest BCUT2D eigenvalue weighted by Crippen LogP contribution is -2.55. The molecule has 11 nitrogen and oxygen atoms in total. The molecule has 0 aliphatic carbocycles. The number of halogens is 1. The van der Waals surface area contributed by atoms with Gasteiger partial charge in [0.25, 0.3) is 5.88 Å². The van der Waals surface area contributed by atoms with Crippen LogP contribution in [0.1, 0.15) is 20.8 Å². The first-order valence-electron chi connectivity index (χ1n) is 13.1. The number of benzene rings is 1. The minimum Gasteiger partial charge on any atom is -0.475 e. The molecule has 0 saturated carbocycles. The fourth-order valence-corrected chi connectivity index (χ4v) is 4.82. The standard InChI is InChI=1S/C27H34FN9O2/c1-6-39-26-22(15-36(5)34-26)32-27-30-13-20(28)23(33-27)19-12-29-24-18(19)8-7-9-21(24)31-25(38)17(3)37-11-10-35(4)16(2)14-37/h7-9,12-13,15-17,29H,6,10-11,14H2,1-5H3,(H,31,38)(H,30,32,33)/t16-,17?/m0/s1. The van der Waals surface area contributed by atoms with E-state index in [0.717, 1.165) is 31.2 Å². The Hall–Kier alpha value is -4.03. The van der Waals surface area contributed by atoms with Crippen LogP contribution in [0.15, 0.2) is 36.8 Å². The molecule has 0 bridgehead atoms. The molecule has 12 heteroatoms. The fourth-order valence-electron chi connectivity index (χ4n) is 4.82. The third-order valence-electron chi connectivity index (χ3n) is 7.21. The molecule has 3 N–H and O–H groups in total. The van der Waals surface area contributed by atoms with Crippen molar-refractivity contribution in [2.45, 2.75) is 32.9 Å². The molecule has 4 aromatic rings. The van der Waals surface area contributed by atoms with E-state index in [4.69, 9.17) is 4.74 Å². The smallest absolute Gasteiger partial charge is 0.256 e. The van der Waals surface area contributed by atoms with E-state index >= 15 is 0 Å². The van der Waals surface area contributed by atoms with Gasteiger partial charge in [-0.25, -0.2) is 14.4 Å². The van der Waals surface area contributed by atoms with Gasteiger partial charge in [-0.1, -0.05) is 12.1 Å². The fraction of sp³-hybridized carbons (Fsp3) is 0.407. The monoisotopic (exact) mass is 535 g/mol. The largest absolute Gasteiger partial charge is 0.475 e. The number of H-pyrrole nitrogens is 1. The lowest BCUT2D eigenvalue weighted by molar-refractivity contribution is -0.121. The number of piperazine rings is 1. The van der Waals surface area contributed by atoms with Crippen molar-refractivity contribution in [1.29, 1.82) is 0 Å². The van der Waals surface area contributed by atoms with E-state index in [1.54, 1.807) is 24.1 Å². The van der Waals surface area contributed by atoms with E-state index in [-0.39, 0.29) is 23.6 Å². The Labute approximate surface area is 226 Å². The van der Waals surface area contributed by atoms with Crippen LogP contribution in [0.3, 0.4) is 0 Å². The van der Waals surface area contributed by atoms with Crippen LogP contribution in [-0.4, -0.2) is 85.8 Å². The Balaban J connectivity index is 1.39. The number of fused-ring (bicyclic) bond motifs is 1. The molecule has 1 aliphatic rings. The molecule has 5 rings (SSSR count). The van der Waals surface area contributed by atoms with Gasteiger partial charge in [-0.2, -0.15) is 0 Å². The highest BCUT2D eigenvalue weighted by Gasteiger charge is 2.28. The number of likely N-dealkylation sites (N-methyl/N-ethyl adjacent to an activating group) is 1. The van der Waals surface area contributed by atoms with Crippen LogP contribution in [0.2, 0.25) is 0 Å². The number of nitrogens with one attached hydrogen (secondary N) is 3. The van der Waals surface area contributed by atoms with Crippen LogP contribution in [0, 0.1) is 5.82 Å². The minimum absolute atomic E-state index is 0.0864. The first-order valence-corrected chi connectivity index (χ1v) is 13.1. The van der Waals surface area contributed by atoms with Crippen molar-refractivity contribution < 1.29 is 13.9 Å². The average Bonchev–Trinajstić information content (AvgIpc) is 3.50. The first kappa shape index (κ1) is 26.6. The van der Waals surface area contributed by atoms with E-state index in [2.05, 4.69) is 54.5 Å². The molecule has 1 aliphatic heterocycles. The Morgan fingerprint density at radius 2 is 2.10 bits per heavy atom. The lowest BCUT2D eigenvalue weighted by Gasteiger charge is -2.40. The van der Waals surface area contributed by atoms with Gasteiger partial charge in [0.1, 0.15) is 11.4 Å². The van der Waals surface area contributed by atoms with E-state index in [1.807, 2.05) is 32.0 Å². The van der Waals surface area contributed by atoms with Crippen molar-refractivity contribution in [2.24, 2.45) is 7.05 Å². The first-order chi connectivity index (χ1) is 18.7. The second-order valence-corrected chi connectivity index (χ2v) is 9.89. The van der Waals surface area contributed by atoms with E-state index < -0.39 is 5.82 Å². The molecular weight excluding hydrogens is 501 g/mol. The third kappa shape index (κ3) is 5.43. The molecular formula is C27H34FN9O2. The quantitative estimate of drug-likeness (QED) is 0.313. The predicted molar refractivity (Wildman–Crippen MR) is 149 cm³/mol. The van der Waals surface area contributed by atoms with Crippen LogP contribution in [0.5, 0.6) is 5.88 Å². The van der Waals surface area contributed by atoms with Crippen LogP contribution in [-0.2, 0) is 11.8 Å². The van der Waals surface area contributed by atoms with Gasteiger partial charge in [-0.05, 0) is 33.9 Å². The van der Waals surface area contributed by atoms with Crippen LogP contribution in [0.4, 0.5) is 21.7 Å². The zero-order chi connectivity index (χ0) is 27.7. The average molecular weight is 536 g/mol. The van der Waals surface area contributed by atoms with Gasteiger partial charge in [-0.3, -0.25) is 14.4 Å². The SMILES string of the molecule is CCOc1nn(C)cc1Nc1ncc(F)c(-c2c[nH]c3c(NC(=O)C(C)N4CCN(C)[C@@H](C)C4)cccc23)n1. The number of para-hydroxylation sites is 1. The molecule has 1 aromatic carbocycles. The Morgan fingerprint density at radius 1 is 1.28 bits per heavy atom. The zero-order valence-electron chi connectivity index (χ0n) is 22.8. The van der Waals surface area contributed by atoms with Crippen molar-refractivity contribution >= 4 is 34.1 Å². The normalized spacial score (nSPS) is 17.3. The van der Waals surface area contributed by atoms with Crippen LogP contribution < -0.4 is 15.4 Å². The highest BCUT2D eigenvalue weighted by atomic mass is 19.1. The third-order valence-corrected chi connectivity index (χ3v) is 7.21. The van der Waals surface area contributed by atoms with E-state index in [1.165, 1.54) is 0 Å². The van der Waals surface area contributed by atoms with E-state index in [9.17, 15) is 9.18 Å². The highest BCUT2D eigenvalue weighted by molar-refractivity contribution is 6.06. The maximum atomic E-state index is 15.0. The van der Waals surface area contributed by atoms with Crippen molar-refractivity contribution in [2.75, 3.05) is 43.9 Å². The van der Waals surface area contributed by atoms with Gasteiger partial charge >= 0.3 is 0 Å². The number of hydrogen-bond donors (Lipinski definition) is 3. The van der Waals surface area contributed by atoms with E-state index in [0.29, 0.717) is 41.0 Å². The lowest BCUT2D eigenvalue weighted by atomic mass is 10.1. The summed E-state index contributed by atoms with van der Waals surface area (Å²) in [5.41, 5.74) is 2.58. The Kier molecular flexibility index (Phi) is 7.49. The summed E-state index contributed by atoms with van der Waals surface area (Å²) in [5.74, 6) is -0.0433. The van der Waals surface area contributed by atoms with Crippen molar-refractivity contribution in [1.82, 2.24) is 34.5 Å². The van der Waals surface area contributed by atoms with Gasteiger partial charge in [0.05, 0.1) is 36.2 Å². The molecule has 1 amide bonds. The highest BCUT2D eigenvalue weighted by Crippen LogP contribution is 2.34. The number of anilines is 3. The molecule has 1 fully saturated rings. The minimum atomic E-state index is -0.565. The summed E-state index contributed by atoms with van der Waals surface area (Å²) in [6.45, 7) is 8.99. The van der Waals surface area contributed by atoms with Gasteiger partial charge in [0.15, 0.2) is 5.82 Å². The molecule has 3 aromatic heterocycles. The number of carbonyl (C=O) groups excluding carboxylic acids is 1. The van der Waals surface area contributed by atoms with Crippen molar-refractivity contribution in [3.05, 3.63) is 42.6 Å². The van der Waals surface area contributed by atoms with Gasteiger partial charge in [0.2, 0.25) is 11.9 Å². The topological polar surface area (TPSA) is 116 Å². The van der Waals surface area contributed by atoms with Gasteiger partial charge in [0, 0.05) is 49.9 Å². The molecule has 0 radical (unpaired) electrons. The van der Waals surface area contributed by atoms with Gasteiger partial charge < -0.3 is 25.3 Å². The number of amides is 1. The maximum absolute atomic E-state index is 15.0. The number of ether oxygens (including phenoxy) is 1. The summed E-state index contributed by atoms with van der Waals surface area (Å²) in [6, 6.07) is 5.63. The maximum Gasteiger partial charge on any atom is 0.256 e. The predicted octanol–water partition coefficient (Wildman–Crippen LogP) is 3.60. The number of aryl methyl sites for hydroxylation is 1. The summed E-state index contributed by atoms with van der Waals surface area (Å²) >= 11 is 0. The molecule has 2 atom stereocenters. The molecule has 206 valence electrons. The van der Waals surface area contributed by atoms with Crippen molar-refractivity contribution in [3.8, 4) is 17.1 Å². The Bertz CT molecular complexity index is 1480. The number of carbonyl (C=O) groups is 1. The Morgan fingerprint density at radius 3 is 2.87 bits per heavy atom. The molecule has 1 unspecified atom stereocenters. The molecule has 1 saturated heterocycles. The number of aromatic amines is 1. The number of rotatable bonds is 8. The number of nitrogens with zero attached hydrogens (tertiary/aromatic N) is 6. The molecule has 0 spiro atoms. The van der Waals surface area contributed by atoms with Gasteiger partial charge in [-0.15, -0.1) is 5.10 Å². The summed E-state index contributed by atoms with van der Waals surface area (Å²) in [7, 11) is 3.88. The second-order valence-electron chi connectivity index (χ2n) is 9.89. The van der Waals surface area contributed by atoms with Crippen LogP contribution in [0.25, 0.3) is 22.2 Å². The number of aromatic nitrogens is 5. The second kappa shape index (κ2) is 11.0. The number of hydrogen-bond acceptors (Lipinski definition) is 8. The summed E-state index contributed by atoms with van der Waals surface area (Å²) in [4.78, 5) is 29.4. The molecule has 39 heavy (non-hydrogen) atoms. The van der Waals surface area contributed by atoms with Crippen LogP contribution >= 0.6 is 0 Å². The van der Waals surface area contributed by atoms with Crippen molar-refractivity contribution in [3.63, 3.8) is 0 Å². The summed E-state index contributed by atoms with van der Waals surface area (Å²) in [5, 5.41) is 11.1. The summed E-state index contributed by atoms with van der Waals surface area (Å²) in [6.07, 6.45) is 4.56.